The first-order chi connectivity index (χ1) is 8.06. The van der Waals surface area contributed by atoms with Gasteiger partial charge in [0.25, 0.3) is 0 Å². The van der Waals surface area contributed by atoms with E-state index in [1.54, 1.807) is 0 Å². The number of hydrogen-bond donors (Lipinski definition) is 1. The van der Waals surface area contributed by atoms with Crippen LogP contribution in [-0.2, 0) is 11.3 Å². The molecular weight excluding hydrogens is 282 g/mol. The van der Waals surface area contributed by atoms with Crippen LogP contribution >= 0.6 is 15.9 Å². The van der Waals surface area contributed by atoms with Crippen molar-refractivity contribution < 1.29 is 9.90 Å². The van der Waals surface area contributed by atoms with Crippen molar-refractivity contribution in [1.82, 2.24) is 4.90 Å². The van der Waals surface area contributed by atoms with Crippen LogP contribution < -0.4 is 0 Å². The molecule has 3 nitrogen and oxygen atoms in total. The van der Waals surface area contributed by atoms with Crippen molar-refractivity contribution in [3.05, 3.63) is 34.3 Å². The molecule has 0 aliphatic heterocycles. The maximum absolute atomic E-state index is 10.7. The maximum atomic E-state index is 10.7. The van der Waals surface area contributed by atoms with Crippen LogP contribution in [0.1, 0.15) is 12.0 Å². The lowest BCUT2D eigenvalue weighted by Crippen LogP contribution is -2.21. The molecule has 4 heteroatoms. The highest BCUT2D eigenvalue weighted by Gasteiger charge is 2.43. The second-order valence-electron chi connectivity index (χ2n) is 4.77. The first kappa shape index (κ1) is 12.6. The summed E-state index contributed by atoms with van der Waals surface area (Å²) in [5.74, 6) is -0.421. The van der Waals surface area contributed by atoms with Gasteiger partial charge in [-0.25, -0.2) is 0 Å². The number of halogens is 1. The molecule has 1 aliphatic rings. The average molecular weight is 298 g/mol. The second-order valence-corrected chi connectivity index (χ2v) is 5.68. The van der Waals surface area contributed by atoms with E-state index in [-0.39, 0.29) is 5.92 Å². The van der Waals surface area contributed by atoms with Crippen LogP contribution in [0.5, 0.6) is 0 Å². The molecule has 1 fully saturated rings. The number of carboxylic acid groups (broad SMARTS) is 1. The van der Waals surface area contributed by atoms with Gasteiger partial charge in [-0.3, -0.25) is 4.79 Å². The molecule has 92 valence electrons. The number of rotatable bonds is 5. The minimum Gasteiger partial charge on any atom is -0.481 e. The van der Waals surface area contributed by atoms with Gasteiger partial charge in [-0.05, 0) is 37.1 Å². The number of benzene rings is 1. The first-order valence-corrected chi connectivity index (χ1v) is 6.51. The van der Waals surface area contributed by atoms with Gasteiger partial charge in [-0.1, -0.05) is 28.1 Å². The predicted octanol–water partition coefficient (Wildman–Crippen LogP) is 2.60. The summed E-state index contributed by atoms with van der Waals surface area (Å²) in [6.07, 6.45) is 0.832. The highest BCUT2D eigenvalue weighted by Crippen LogP contribution is 2.39. The van der Waals surface area contributed by atoms with Crippen molar-refractivity contribution in [1.29, 1.82) is 0 Å². The Morgan fingerprint density at radius 3 is 2.94 bits per heavy atom. The van der Waals surface area contributed by atoms with E-state index in [2.05, 4.69) is 33.0 Å². The van der Waals surface area contributed by atoms with E-state index in [1.807, 2.05) is 19.2 Å². The van der Waals surface area contributed by atoms with Crippen LogP contribution in [0.15, 0.2) is 28.7 Å². The summed E-state index contributed by atoms with van der Waals surface area (Å²) in [6.45, 7) is 1.73. The summed E-state index contributed by atoms with van der Waals surface area (Å²) in [6, 6.07) is 8.20. The number of carboxylic acids is 1. The fourth-order valence-electron chi connectivity index (χ4n) is 2.16. The number of carbonyl (C=O) groups is 1. The summed E-state index contributed by atoms with van der Waals surface area (Å²) < 4.78 is 1.08. The van der Waals surface area contributed by atoms with Crippen LogP contribution in [0.3, 0.4) is 0 Å². The summed E-state index contributed by atoms with van der Waals surface area (Å²) in [7, 11) is 2.04. The molecule has 0 saturated heterocycles. The third-order valence-electron chi connectivity index (χ3n) is 3.13. The Morgan fingerprint density at radius 1 is 1.59 bits per heavy atom. The molecule has 1 aromatic carbocycles. The average Bonchev–Trinajstić information content (AvgIpc) is 2.96. The van der Waals surface area contributed by atoms with E-state index in [9.17, 15) is 4.79 Å². The Balaban J connectivity index is 1.82. The topological polar surface area (TPSA) is 40.5 Å². The molecule has 0 aromatic heterocycles. The van der Waals surface area contributed by atoms with Crippen LogP contribution in [0.2, 0.25) is 0 Å². The van der Waals surface area contributed by atoms with Gasteiger partial charge >= 0.3 is 5.97 Å². The number of hydrogen-bond acceptors (Lipinski definition) is 2. The molecule has 17 heavy (non-hydrogen) atoms. The van der Waals surface area contributed by atoms with Gasteiger partial charge < -0.3 is 10.0 Å². The van der Waals surface area contributed by atoms with Crippen molar-refractivity contribution in [3.8, 4) is 0 Å². The summed E-state index contributed by atoms with van der Waals surface area (Å²) in [4.78, 5) is 12.9. The molecule has 0 bridgehead atoms. The fraction of sp³-hybridized carbons (Fsp3) is 0.462. The zero-order valence-electron chi connectivity index (χ0n) is 9.77. The monoisotopic (exact) mass is 297 g/mol. The summed E-state index contributed by atoms with van der Waals surface area (Å²) in [5, 5.41) is 8.84. The van der Waals surface area contributed by atoms with E-state index in [4.69, 9.17) is 5.11 Å². The molecule has 2 rings (SSSR count). The van der Waals surface area contributed by atoms with Gasteiger partial charge in [0.2, 0.25) is 0 Å². The largest absolute Gasteiger partial charge is 0.481 e. The molecule has 0 radical (unpaired) electrons. The Hall–Kier alpha value is -0.870. The molecule has 1 aromatic rings. The molecule has 0 heterocycles. The smallest absolute Gasteiger partial charge is 0.306 e. The van der Waals surface area contributed by atoms with Crippen LogP contribution in [0.25, 0.3) is 0 Å². The van der Waals surface area contributed by atoms with E-state index in [0.717, 1.165) is 24.0 Å². The normalized spacial score (nSPS) is 22.8. The Bertz CT molecular complexity index is 422. The van der Waals surface area contributed by atoms with Gasteiger partial charge in [0.15, 0.2) is 0 Å². The lowest BCUT2D eigenvalue weighted by molar-refractivity contribution is -0.138. The minimum atomic E-state index is -0.647. The van der Waals surface area contributed by atoms with Gasteiger partial charge in [-0.2, -0.15) is 0 Å². The molecule has 2 unspecified atom stereocenters. The van der Waals surface area contributed by atoms with Gasteiger partial charge in [-0.15, -0.1) is 0 Å². The molecule has 1 saturated carbocycles. The van der Waals surface area contributed by atoms with Crippen molar-refractivity contribution in [2.24, 2.45) is 11.8 Å². The third-order valence-corrected chi connectivity index (χ3v) is 3.62. The van der Waals surface area contributed by atoms with E-state index in [0.29, 0.717) is 5.92 Å². The Labute approximate surface area is 110 Å². The summed E-state index contributed by atoms with van der Waals surface area (Å²) >= 11 is 3.45. The van der Waals surface area contributed by atoms with Crippen LogP contribution in [-0.4, -0.2) is 29.6 Å². The minimum absolute atomic E-state index is 0.111. The molecule has 0 amide bonds. The fourth-order valence-corrected chi connectivity index (χ4v) is 2.61. The summed E-state index contributed by atoms with van der Waals surface area (Å²) in [5.41, 5.74) is 1.24. The van der Waals surface area contributed by atoms with Crippen molar-refractivity contribution in [2.45, 2.75) is 13.0 Å². The molecule has 1 N–H and O–H groups in total. The lowest BCUT2D eigenvalue weighted by atomic mass is 10.2. The number of aliphatic carboxylic acids is 1. The molecule has 1 aliphatic carbocycles. The third kappa shape index (κ3) is 3.54. The van der Waals surface area contributed by atoms with Crippen molar-refractivity contribution >= 4 is 21.9 Å². The van der Waals surface area contributed by atoms with Crippen LogP contribution in [0.4, 0.5) is 0 Å². The van der Waals surface area contributed by atoms with E-state index in [1.165, 1.54) is 5.56 Å². The molecule has 0 spiro atoms. The highest BCUT2D eigenvalue weighted by molar-refractivity contribution is 9.10. The lowest BCUT2D eigenvalue weighted by Gasteiger charge is -2.16. The predicted molar refractivity (Wildman–Crippen MR) is 69.7 cm³/mol. The van der Waals surface area contributed by atoms with Crippen LogP contribution in [0, 0.1) is 11.8 Å². The van der Waals surface area contributed by atoms with E-state index >= 15 is 0 Å². The van der Waals surface area contributed by atoms with Gasteiger partial charge in [0.1, 0.15) is 0 Å². The zero-order valence-corrected chi connectivity index (χ0v) is 11.4. The van der Waals surface area contributed by atoms with Gasteiger partial charge in [0, 0.05) is 17.6 Å². The Kier molecular flexibility index (Phi) is 3.84. The second kappa shape index (κ2) is 5.19. The van der Waals surface area contributed by atoms with Crippen molar-refractivity contribution in [2.75, 3.05) is 13.6 Å². The molecular formula is C13H16BrNO2. The number of nitrogens with zero attached hydrogens (tertiary/aromatic N) is 1. The molecule has 2 atom stereocenters. The maximum Gasteiger partial charge on any atom is 0.306 e. The van der Waals surface area contributed by atoms with E-state index < -0.39 is 5.97 Å². The van der Waals surface area contributed by atoms with Crippen molar-refractivity contribution in [3.63, 3.8) is 0 Å². The SMILES string of the molecule is CN(Cc1cccc(Br)c1)CC1CC1C(=O)O. The Morgan fingerprint density at radius 2 is 2.35 bits per heavy atom. The zero-order chi connectivity index (χ0) is 12.4. The standard InChI is InChI=1S/C13H16BrNO2/c1-15(8-10-6-12(10)13(16)17)7-9-3-2-4-11(14)5-9/h2-5,10,12H,6-8H2,1H3,(H,16,17). The van der Waals surface area contributed by atoms with Gasteiger partial charge in [0.05, 0.1) is 5.92 Å². The quantitative estimate of drug-likeness (QED) is 0.908. The highest BCUT2D eigenvalue weighted by atomic mass is 79.9. The first-order valence-electron chi connectivity index (χ1n) is 5.72.